The van der Waals surface area contributed by atoms with E-state index in [2.05, 4.69) is 59.2 Å². The Hall–Kier alpha value is -1.92. The zero-order valence-corrected chi connectivity index (χ0v) is 21.4. The van der Waals surface area contributed by atoms with Gasteiger partial charge in [0.1, 0.15) is 12.4 Å². The van der Waals surface area contributed by atoms with E-state index in [1.54, 1.807) is 6.92 Å². The van der Waals surface area contributed by atoms with Crippen molar-refractivity contribution < 1.29 is 14.6 Å². The molecule has 2 fully saturated rings. The van der Waals surface area contributed by atoms with E-state index in [0.29, 0.717) is 13.2 Å². The molecule has 2 aliphatic heterocycles. The molecular weight excluding hydrogens is 424 g/mol. The third-order valence-corrected chi connectivity index (χ3v) is 7.75. The van der Waals surface area contributed by atoms with Crippen molar-refractivity contribution in [3.8, 4) is 5.75 Å². The number of piperidine rings is 1. The van der Waals surface area contributed by atoms with E-state index < -0.39 is 5.79 Å². The van der Waals surface area contributed by atoms with Crippen molar-refractivity contribution >= 4 is 0 Å². The van der Waals surface area contributed by atoms with Gasteiger partial charge in [0.05, 0.1) is 12.6 Å². The highest BCUT2D eigenvalue weighted by atomic mass is 16.6. The first kappa shape index (κ1) is 25.2. The zero-order valence-electron chi connectivity index (χ0n) is 21.4. The topological polar surface area (TPSA) is 45.2 Å². The molecule has 0 aromatic heterocycles. The highest BCUT2D eigenvalue weighted by molar-refractivity contribution is 5.38. The predicted molar refractivity (Wildman–Crippen MR) is 137 cm³/mol. The third kappa shape index (κ3) is 6.01. The van der Waals surface area contributed by atoms with Gasteiger partial charge >= 0.3 is 0 Å². The van der Waals surface area contributed by atoms with Crippen LogP contribution in [0.5, 0.6) is 5.75 Å². The van der Waals surface area contributed by atoms with E-state index in [4.69, 9.17) is 9.47 Å². The molecular formula is C29H42N2O3. The molecule has 2 saturated heterocycles. The zero-order chi connectivity index (χ0) is 24.2. The van der Waals surface area contributed by atoms with Crippen molar-refractivity contribution in [1.82, 2.24) is 9.80 Å². The van der Waals surface area contributed by atoms with Crippen LogP contribution in [0.15, 0.2) is 48.5 Å². The maximum Gasteiger partial charge on any atom is 0.178 e. The average molecular weight is 467 g/mol. The van der Waals surface area contributed by atoms with Crippen LogP contribution >= 0.6 is 0 Å². The minimum Gasteiger partial charge on any atom is -0.489 e. The van der Waals surface area contributed by atoms with Gasteiger partial charge in [-0.2, -0.15) is 0 Å². The highest BCUT2D eigenvalue weighted by Crippen LogP contribution is 2.44. The summed E-state index contributed by atoms with van der Waals surface area (Å²) in [6.07, 6.45) is 5.42. The van der Waals surface area contributed by atoms with E-state index in [9.17, 15) is 5.11 Å². The summed E-state index contributed by atoms with van der Waals surface area (Å²) < 4.78 is 12.3. The molecule has 5 heteroatoms. The Bertz CT molecular complexity index is 920. The van der Waals surface area contributed by atoms with Crippen LogP contribution in [0.1, 0.15) is 56.2 Å². The Balaban J connectivity index is 1.42. The smallest absolute Gasteiger partial charge is 0.178 e. The monoisotopic (exact) mass is 466 g/mol. The van der Waals surface area contributed by atoms with Gasteiger partial charge in [-0.3, -0.25) is 4.90 Å². The molecule has 0 aliphatic carbocycles. The van der Waals surface area contributed by atoms with E-state index >= 15 is 0 Å². The van der Waals surface area contributed by atoms with Crippen LogP contribution in [-0.4, -0.2) is 60.5 Å². The number of hydrogen-bond acceptors (Lipinski definition) is 5. The number of likely N-dealkylation sites (N-methyl/N-ethyl adjacent to an activating group) is 1. The molecule has 5 nitrogen and oxygen atoms in total. The molecule has 0 amide bonds. The van der Waals surface area contributed by atoms with Gasteiger partial charge < -0.3 is 19.5 Å². The minimum absolute atomic E-state index is 0.0246. The first-order valence-electron chi connectivity index (χ1n) is 12.8. The summed E-state index contributed by atoms with van der Waals surface area (Å²) >= 11 is 0. The minimum atomic E-state index is -1.07. The standard InChI is InChI=1S/C29H42N2O3/c1-5-9-23-12-13-26(33-21-24-10-7-6-8-11-24)25(18-23)20-31-16-14-29(15-17-31)19-27(30(3)4)28(2,32)34-22-29/h6-8,10-13,18,27,32H,5,9,14-17,19-22H2,1-4H3/t27-,28-/m0/s1. The number of nitrogens with zero attached hydrogens (tertiary/aromatic N) is 2. The summed E-state index contributed by atoms with van der Waals surface area (Å²) in [6.45, 7) is 8.27. The second-order valence-corrected chi connectivity index (χ2v) is 10.8. The number of likely N-dealkylation sites (tertiary alicyclic amines) is 1. The predicted octanol–water partition coefficient (Wildman–Crippen LogP) is 4.86. The lowest BCUT2D eigenvalue weighted by molar-refractivity contribution is -0.276. The van der Waals surface area contributed by atoms with Gasteiger partial charge in [0.25, 0.3) is 0 Å². The molecule has 4 rings (SSSR count). The van der Waals surface area contributed by atoms with Crippen molar-refractivity contribution in [1.29, 1.82) is 0 Å². The number of aryl methyl sites for hydroxylation is 1. The van der Waals surface area contributed by atoms with Gasteiger partial charge in [0, 0.05) is 12.1 Å². The number of hydrogen-bond donors (Lipinski definition) is 1. The van der Waals surface area contributed by atoms with Crippen molar-refractivity contribution in [2.75, 3.05) is 33.8 Å². The SMILES string of the molecule is CCCc1ccc(OCc2ccccc2)c(CN2CCC3(CC2)CO[C@](C)(O)[C@@H](N(C)C)C3)c1. The van der Waals surface area contributed by atoms with Crippen LogP contribution in [0, 0.1) is 5.41 Å². The van der Waals surface area contributed by atoms with Gasteiger partial charge in [0.2, 0.25) is 0 Å². The molecule has 186 valence electrons. The lowest BCUT2D eigenvalue weighted by Gasteiger charge is -2.52. The lowest BCUT2D eigenvalue weighted by atomic mass is 9.71. The Morgan fingerprint density at radius 1 is 1.09 bits per heavy atom. The second kappa shape index (κ2) is 10.8. The number of rotatable bonds is 8. The van der Waals surface area contributed by atoms with Crippen LogP contribution in [0.2, 0.25) is 0 Å². The van der Waals surface area contributed by atoms with E-state index in [1.165, 1.54) is 16.7 Å². The molecule has 0 unspecified atom stereocenters. The van der Waals surface area contributed by atoms with Gasteiger partial charge in [-0.1, -0.05) is 55.8 Å². The summed E-state index contributed by atoms with van der Waals surface area (Å²) in [5, 5.41) is 10.7. The molecule has 0 radical (unpaired) electrons. The highest BCUT2D eigenvalue weighted by Gasteiger charge is 2.49. The summed E-state index contributed by atoms with van der Waals surface area (Å²) in [5.41, 5.74) is 4.01. The van der Waals surface area contributed by atoms with Crippen LogP contribution in [0.25, 0.3) is 0 Å². The maximum atomic E-state index is 10.7. The first-order chi connectivity index (χ1) is 16.3. The van der Waals surface area contributed by atoms with Crippen molar-refractivity contribution in [2.45, 2.75) is 70.9 Å². The Labute approximate surface area is 205 Å². The molecule has 2 atom stereocenters. The van der Waals surface area contributed by atoms with Gasteiger partial charge in [0.15, 0.2) is 5.79 Å². The fourth-order valence-electron chi connectivity index (χ4n) is 5.57. The largest absolute Gasteiger partial charge is 0.489 e. The van der Waals surface area contributed by atoms with Gasteiger partial charge in [-0.15, -0.1) is 0 Å². The van der Waals surface area contributed by atoms with Crippen LogP contribution in [-0.2, 0) is 24.3 Å². The molecule has 2 aliphatic rings. The molecule has 0 saturated carbocycles. The van der Waals surface area contributed by atoms with E-state index in [-0.39, 0.29) is 11.5 Å². The Morgan fingerprint density at radius 3 is 2.50 bits per heavy atom. The van der Waals surface area contributed by atoms with Crippen LogP contribution in [0.4, 0.5) is 0 Å². The summed E-state index contributed by atoms with van der Waals surface area (Å²) in [7, 11) is 4.08. The van der Waals surface area contributed by atoms with Gasteiger partial charge in [-0.05, 0) is 82.4 Å². The first-order valence-corrected chi connectivity index (χ1v) is 12.8. The van der Waals surface area contributed by atoms with E-state index in [0.717, 1.165) is 57.5 Å². The fourth-order valence-corrected chi connectivity index (χ4v) is 5.57. The van der Waals surface area contributed by atoms with Crippen molar-refractivity contribution in [2.24, 2.45) is 5.41 Å². The van der Waals surface area contributed by atoms with Crippen LogP contribution < -0.4 is 4.74 Å². The lowest BCUT2D eigenvalue weighted by Crippen LogP contribution is -2.59. The van der Waals surface area contributed by atoms with Crippen molar-refractivity contribution in [3.05, 3.63) is 65.2 Å². The molecule has 1 spiro atoms. The van der Waals surface area contributed by atoms with Crippen molar-refractivity contribution in [3.63, 3.8) is 0 Å². The molecule has 2 aromatic carbocycles. The molecule has 2 aromatic rings. The summed E-state index contributed by atoms with van der Waals surface area (Å²) in [4.78, 5) is 4.67. The number of benzene rings is 2. The fraction of sp³-hybridized carbons (Fsp3) is 0.586. The Kier molecular flexibility index (Phi) is 7.98. The number of aliphatic hydroxyl groups is 1. The average Bonchev–Trinajstić information content (AvgIpc) is 2.82. The molecule has 1 N–H and O–H groups in total. The van der Waals surface area contributed by atoms with Gasteiger partial charge in [-0.25, -0.2) is 0 Å². The van der Waals surface area contributed by atoms with Crippen LogP contribution in [0.3, 0.4) is 0 Å². The summed E-state index contributed by atoms with van der Waals surface area (Å²) in [5.74, 6) is -0.0786. The second-order valence-electron chi connectivity index (χ2n) is 10.8. The normalized spacial score (nSPS) is 25.1. The maximum absolute atomic E-state index is 10.7. The third-order valence-electron chi connectivity index (χ3n) is 7.75. The molecule has 34 heavy (non-hydrogen) atoms. The molecule has 2 heterocycles. The van der Waals surface area contributed by atoms with E-state index in [1.807, 2.05) is 20.2 Å². The molecule has 0 bridgehead atoms. The quantitative estimate of drug-likeness (QED) is 0.602. The summed E-state index contributed by atoms with van der Waals surface area (Å²) in [6, 6.07) is 17.1. The number of ether oxygens (including phenoxy) is 2. The Morgan fingerprint density at radius 2 is 1.82 bits per heavy atom.